The number of likely N-dealkylation sites (tertiary alicyclic amines) is 1. The molecule has 0 radical (unpaired) electrons. The summed E-state index contributed by atoms with van der Waals surface area (Å²) in [6, 6.07) is 7.07. The molecule has 1 amide bonds. The zero-order chi connectivity index (χ0) is 15.1. The molecule has 114 valence electrons. The molecule has 0 spiro atoms. The summed E-state index contributed by atoms with van der Waals surface area (Å²) in [6.07, 6.45) is 2.12. The van der Waals surface area contributed by atoms with Gasteiger partial charge in [-0.1, -0.05) is 12.1 Å². The second-order valence-electron chi connectivity index (χ2n) is 4.88. The van der Waals surface area contributed by atoms with E-state index in [9.17, 15) is 9.59 Å². The zero-order valence-corrected chi connectivity index (χ0v) is 11.9. The minimum absolute atomic E-state index is 0.0849. The van der Waals surface area contributed by atoms with Crippen molar-refractivity contribution in [2.45, 2.75) is 19.3 Å². The van der Waals surface area contributed by atoms with Gasteiger partial charge in [0, 0.05) is 13.1 Å². The number of anilines is 1. The van der Waals surface area contributed by atoms with Gasteiger partial charge in [0.25, 0.3) is 5.91 Å². The SMILES string of the molecule is Nc1ccccc1OCCC(=O)OCC(=O)N1CCCC1. The lowest BCUT2D eigenvalue weighted by Gasteiger charge is -2.15. The average Bonchev–Trinajstić information content (AvgIpc) is 3.01. The smallest absolute Gasteiger partial charge is 0.309 e. The number of benzene rings is 1. The summed E-state index contributed by atoms with van der Waals surface area (Å²) in [4.78, 5) is 24.9. The third-order valence-electron chi connectivity index (χ3n) is 3.30. The van der Waals surface area contributed by atoms with Crippen LogP contribution >= 0.6 is 0 Å². The molecular formula is C15H20N2O4. The van der Waals surface area contributed by atoms with E-state index in [2.05, 4.69) is 0 Å². The Labute approximate surface area is 123 Å². The first-order chi connectivity index (χ1) is 10.2. The summed E-state index contributed by atoms with van der Waals surface area (Å²) < 4.78 is 10.3. The van der Waals surface area contributed by atoms with Crippen LogP contribution < -0.4 is 10.5 Å². The van der Waals surface area contributed by atoms with Crippen LogP contribution in [0.25, 0.3) is 0 Å². The van der Waals surface area contributed by atoms with Crippen LogP contribution in [0.4, 0.5) is 5.69 Å². The molecule has 6 nitrogen and oxygen atoms in total. The first-order valence-electron chi connectivity index (χ1n) is 7.07. The molecule has 0 aromatic heterocycles. The molecule has 0 bridgehead atoms. The van der Waals surface area contributed by atoms with Crippen LogP contribution in [0, 0.1) is 0 Å². The van der Waals surface area contributed by atoms with Gasteiger partial charge in [-0.3, -0.25) is 9.59 Å². The molecule has 1 aliphatic rings. The van der Waals surface area contributed by atoms with Crippen LogP contribution in [-0.2, 0) is 14.3 Å². The number of para-hydroxylation sites is 2. The van der Waals surface area contributed by atoms with Gasteiger partial charge < -0.3 is 20.1 Å². The van der Waals surface area contributed by atoms with Crippen LogP contribution in [0.3, 0.4) is 0 Å². The van der Waals surface area contributed by atoms with Crippen molar-refractivity contribution in [2.24, 2.45) is 0 Å². The van der Waals surface area contributed by atoms with Crippen molar-refractivity contribution in [3.8, 4) is 5.75 Å². The number of nitrogen functional groups attached to an aromatic ring is 1. The van der Waals surface area contributed by atoms with Gasteiger partial charge in [-0.2, -0.15) is 0 Å². The fraction of sp³-hybridized carbons (Fsp3) is 0.467. The van der Waals surface area contributed by atoms with E-state index in [1.54, 1.807) is 29.2 Å². The maximum atomic E-state index is 11.7. The number of amides is 1. The van der Waals surface area contributed by atoms with Gasteiger partial charge >= 0.3 is 5.97 Å². The highest BCUT2D eigenvalue weighted by molar-refractivity contribution is 5.80. The molecule has 1 heterocycles. The third kappa shape index (κ3) is 4.66. The van der Waals surface area contributed by atoms with E-state index < -0.39 is 5.97 Å². The maximum absolute atomic E-state index is 11.7. The zero-order valence-electron chi connectivity index (χ0n) is 11.9. The molecule has 1 fully saturated rings. The standard InChI is InChI=1S/C15H20N2O4/c16-12-5-1-2-6-13(12)20-10-7-15(19)21-11-14(18)17-8-3-4-9-17/h1-2,5-6H,3-4,7-11,16H2. The Kier molecular flexibility index (Phi) is 5.43. The number of hydrogen-bond acceptors (Lipinski definition) is 5. The Balaban J connectivity index is 1.63. The number of hydrogen-bond donors (Lipinski definition) is 1. The average molecular weight is 292 g/mol. The normalized spacial score (nSPS) is 14.0. The van der Waals surface area contributed by atoms with E-state index in [1.807, 2.05) is 0 Å². The molecule has 0 unspecified atom stereocenters. The monoisotopic (exact) mass is 292 g/mol. The van der Waals surface area contributed by atoms with Crippen molar-refractivity contribution >= 4 is 17.6 Å². The summed E-state index contributed by atoms with van der Waals surface area (Å²) >= 11 is 0. The minimum Gasteiger partial charge on any atom is -0.491 e. The minimum atomic E-state index is -0.447. The van der Waals surface area contributed by atoms with Crippen LogP contribution in [0.5, 0.6) is 5.75 Å². The van der Waals surface area contributed by atoms with Gasteiger partial charge in [0.15, 0.2) is 6.61 Å². The number of ether oxygens (including phenoxy) is 2. The Bertz CT molecular complexity index is 498. The molecule has 1 aromatic rings. The third-order valence-corrected chi connectivity index (χ3v) is 3.30. The van der Waals surface area contributed by atoms with E-state index in [1.165, 1.54) is 0 Å². The number of nitrogens with zero attached hydrogens (tertiary/aromatic N) is 1. The van der Waals surface area contributed by atoms with Crippen molar-refractivity contribution in [1.29, 1.82) is 0 Å². The summed E-state index contributed by atoms with van der Waals surface area (Å²) in [5.41, 5.74) is 6.24. The molecule has 0 saturated carbocycles. The van der Waals surface area contributed by atoms with Gasteiger partial charge in [-0.25, -0.2) is 0 Å². The molecular weight excluding hydrogens is 272 g/mol. The highest BCUT2D eigenvalue weighted by atomic mass is 16.5. The van der Waals surface area contributed by atoms with Crippen molar-refractivity contribution in [2.75, 3.05) is 32.0 Å². The predicted octanol–water partition coefficient (Wildman–Crippen LogP) is 1.20. The lowest BCUT2D eigenvalue weighted by Crippen LogP contribution is -2.32. The van der Waals surface area contributed by atoms with Crippen molar-refractivity contribution < 1.29 is 19.1 Å². The van der Waals surface area contributed by atoms with Gasteiger partial charge in [0.2, 0.25) is 0 Å². The molecule has 6 heteroatoms. The highest BCUT2D eigenvalue weighted by Gasteiger charge is 2.19. The lowest BCUT2D eigenvalue weighted by molar-refractivity contribution is -0.152. The second kappa shape index (κ2) is 7.52. The van der Waals surface area contributed by atoms with Gasteiger partial charge in [-0.05, 0) is 25.0 Å². The van der Waals surface area contributed by atoms with Crippen molar-refractivity contribution in [3.05, 3.63) is 24.3 Å². The number of rotatable bonds is 6. The van der Waals surface area contributed by atoms with Gasteiger partial charge in [-0.15, -0.1) is 0 Å². The highest BCUT2D eigenvalue weighted by Crippen LogP contribution is 2.19. The Morgan fingerprint density at radius 2 is 1.90 bits per heavy atom. The number of carbonyl (C=O) groups is 2. The van der Waals surface area contributed by atoms with Crippen LogP contribution in [-0.4, -0.2) is 43.1 Å². The van der Waals surface area contributed by atoms with Crippen molar-refractivity contribution in [1.82, 2.24) is 4.90 Å². The molecule has 0 atom stereocenters. The van der Waals surface area contributed by atoms with E-state index in [-0.39, 0.29) is 25.5 Å². The van der Waals surface area contributed by atoms with E-state index >= 15 is 0 Å². The summed E-state index contributed by atoms with van der Waals surface area (Å²) in [6.45, 7) is 1.50. The van der Waals surface area contributed by atoms with Crippen molar-refractivity contribution in [3.63, 3.8) is 0 Å². The quantitative estimate of drug-likeness (QED) is 0.629. The molecule has 1 saturated heterocycles. The Hall–Kier alpha value is -2.24. The number of nitrogens with two attached hydrogens (primary N) is 1. The topological polar surface area (TPSA) is 81.9 Å². The summed E-state index contributed by atoms with van der Waals surface area (Å²) in [7, 11) is 0. The second-order valence-corrected chi connectivity index (χ2v) is 4.88. The van der Waals surface area contributed by atoms with Gasteiger partial charge in [0.05, 0.1) is 18.7 Å². The largest absolute Gasteiger partial charge is 0.491 e. The van der Waals surface area contributed by atoms with Crippen LogP contribution in [0.2, 0.25) is 0 Å². The van der Waals surface area contributed by atoms with Crippen LogP contribution in [0.1, 0.15) is 19.3 Å². The lowest BCUT2D eigenvalue weighted by atomic mass is 10.3. The van der Waals surface area contributed by atoms with E-state index in [0.717, 1.165) is 25.9 Å². The van der Waals surface area contributed by atoms with Crippen LogP contribution in [0.15, 0.2) is 24.3 Å². The summed E-state index contributed by atoms with van der Waals surface area (Å²) in [5, 5.41) is 0. The molecule has 21 heavy (non-hydrogen) atoms. The maximum Gasteiger partial charge on any atom is 0.309 e. The first-order valence-corrected chi connectivity index (χ1v) is 7.07. The number of carbonyl (C=O) groups excluding carboxylic acids is 2. The fourth-order valence-corrected chi connectivity index (χ4v) is 2.13. The Morgan fingerprint density at radius 1 is 1.19 bits per heavy atom. The first kappa shape index (κ1) is 15.2. The molecule has 1 aromatic carbocycles. The van der Waals surface area contributed by atoms with Gasteiger partial charge in [0.1, 0.15) is 5.75 Å². The fourth-order valence-electron chi connectivity index (χ4n) is 2.13. The number of esters is 1. The Morgan fingerprint density at radius 3 is 2.62 bits per heavy atom. The van der Waals surface area contributed by atoms with E-state index in [4.69, 9.17) is 15.2 Å². The predicted molar refractivity (Wildman–Crippen MR) is 77.7 cm³/mol. The molecule has 2 rings (SSSR count). The van der Waals surface area contributed by atoms with E-state index in [0.29, 0.717) is 11.4 Å². The summed E-state index contributed by atoms with van der Waals surface area (Å²) in [5.74, 6) is -0.0374. The molecule has 0 aliphatic carbocycles. The molecule has 2 N–H and O–H groups in total. The molecule has 1 aliphatic heterocycles.